The third-order valence-electron chi connectivity index (χ3n) is 5.09. The predicted octanol–water partition coefficient (Wildman–Crippen LogP) is 3.61. The van der Waals surface area contributed by atoms with E-state index in [1.165, 1.54) is 30.2 Å². The molecule has 0 radical (unpaired) electrons. The lowest BCUT2D eigenvalue weighted by Gasteiger charge is -2.18. The van der Waals surface area contributed by atoms with Crippen LogP contribution in [0.2, 0.25) is 0 Å². The minimum atomic E-state index is -0.583. The number of thioether (sulfide) groups is 1. The van der Waals surface area contributed by atoms with E-state index in [1.807, 2.05) is 12.1 Å². The van der Waals surface area contributed by atoms with Gasteiger partial charge in [-0.2, -0.15) is 0 Å². The molecule has 1 unspecified atom stereocenters. The Morgan fingerprint density at radius 1 is 1.27 bits per heavy atom. The van der Waals surface area contributed by atoms with Crippen molar-refractivity contribution in [3.8, 4) is 0 Å². The molecule has 0 aliphatic heterocycles. The van der Waals surface area contributed by atoms with Crippen LogP contribution >= 0.6 is 11.8 Å². The minimum Gasteiger partial charge on any atom is -0.338 e. The molecule has 2 aromatic rings. The number of para-hydroxylation sites is 1. The Bertz CT molecular complexity index is 1020. The fraction of sp³-hybridized carbons (Fsp3) is 0.455. The SMILES string of the molecule is CCNC(=O)NC(=O)C(C)Sc1nc2ccccc2c(=O)n1CCC1=CCCCC1. The number of carbonyl (C=O) groups is 2. The first-order valence-electron chi connectivity index (χ1n) is 10.4. The second-order valence-electron chi connectivity index (χ2n) is 7.34. The Morgan fingerprint density at radius 3 is 2.80 bits per heavy atom. The Kier molecular flexibility index (Phi) is 7.68. The summed E-state index contributed by atoms with van der Waals surface area (Å²) in [5.41, 5.74) is 1.88. The summed E-state index contributed by atoms with van der Waals surface area (Å²) in [5, 5.41) is 5.34. The maximum atomic E-state index is 13.2. The molecule has 8 heteroatoms. The first-order valence-corrected chi connectivity index (χ1v) is 11.3. The molecule has 30 heavy (non-hydrogen) atoms. The van der Waals surface area contributed by atoms with Crippen LogP contribution in [0.4, 0.5) is 4.79 Å². The van der Waals surface area contributed by atoms with E-state index in [0.717, 1.165) is 19.3 Å². The number of nitrogens with one attached hydrogen (secondary N) is 2. The largest absolute Gasteiger partial charge is 0.338 e. The zero-order chi connectivity index (χ0) is 21.5. The molecule has 0 saturated heterocycles. The van der Waals surface area contributed by atoms with Gasteiger partial charge in [-0.05, 0) is 58.1 Å². The lowest BCUT2D eigenvalue weighted by molar-refractivity contribution is -0.119. The van der Waals surface area contributed by atoms with E-state index in [4.69, 9.17) is 0 Å². The number of carbonyl (C=O) groups excluding carboxylic acids is 2. The smallest absolute Gasteiger partial charge is 0.321 e. The highest BCUT2D eigenvalue weighted by atomic mass is 32.2. The number of urea groups is 1. The van der Waals surface area contributed by atoms with Crippen LogP contribution in [-0.2, 0) is 11.3 Å². The molecule has 0 saturated carbocycles. The van der Waals surface area contributed by atoms with Crippen molar-refractivity contribution in [1.29, 1.82) is 0 Å². The molecule has 2 N–H and O–H groups in total. The third-order valence-corrected chi connectivity index (χ3v) is 6.18. The van der Waals surface area contributed by atoms with E-state index < -0.39 is 17.2 Å². The van der Waals surface area contributed by atoms with Crippen molar-refractivity contribution in [2.24, 2.45) is 0 Å². The van der Waals surface area contributed by atoms with Gasteiger partial charge in [-0.1, -0.05) is 35.5 Å². The van der Waals surface area contributed by atoms with Crippen LogP contribution in [0.1, 0.15) is 46.0 Å². The highest BCUT2D eigenvalue weighted by molar-refractivity contribution is 8.00. The summed E-state index contributed by atoms with van der Waals surface area (Å²) in [4.78, 5) is 41.9. The molecule has 1 atom stereocenters. The fourth-order valence-electron chi connectivity index (χ4n) is 3.45. The summed E-state index contributed by atoms with van der Waals surface area (Å²) >= 11 is 1.19. The molecule has 0 spiro atoms. The van der Waals surface area contributed by atoms with Gasteiger partial charge >= 0.3 is 6.03 Å². The van der Waals surface area contributed by atoms with Gasteiger partial charge in [0.1, 0.15) is 0 Å². The Labute approximate surface area is 180 Å². The van der Waals surface area contributed by atoms with Crippen molar-refractivity contribution >= 4 is 34.6 Å². The van der Waals surface area contributed by atoms with Crippen LogP contribution in [0, 0.1) is 0 Å². The maximum Gasteiger partial charge on any atom is 0.321 e. The van der Waals surface area contributed by atoms with Crippen molar-refractivity contribution < 1.29 is 9.59 Å². The lowest BCUT2D eigenvalue weighted by Crippen LogP contribution is -2.42. The lowest BCUT2D eigenvalue weighted by atomic mass is 9.97. The Hall–Kier alpha value is -2.61. The van der Waals surface area contributed by atoms with E-state index in [2.05, 4.69) is 21.7 Å². The number of hydrogen-bond acceptors (Lipinski definition) is 5. The van der Waals surface area contributed by atoms with Gasteiger partial charge in [-0.15, -0.1) is 0 Å². The third kappa shape index (κ3) is 5.50. The Balaban J connectivity index is 1.85. The van der Waals surface area contributed by atoms with E-state index >= 15 is 0 Å². The summed E-state index contributed by atoms with van der Waals surface area (Å²) in [7, 11) is 0. The van der Waals surface area contributed by atoms with Crippen LogP contribution in [-0.4, -0.2) is 33.3 Å². The molecule has 160 valence electrons. The second kappa shape index (κ2) is 10.4. The summed E-state index contributed by atoms with van der Waals surface area (Å²) in [5.74, 6) is -0.421. The zero-order valence-corrected chi connectivity index (χ0v) is 18.3. The number of aromatic nitrogens is 2. The molecule has 1 aromatic carbocycles. The van der Waals surface area contributed by atoms with Crippen LogP contribution in [0.15, 0.2) is 45.9 Å². The molecular formula is C22H28N4O3S. The molecule has 1 heterocycles. The van der Waals surface area contributed by atoms with E-state index in [-0.39, 0.29) is 5.56 Å². The molecule has 1 aliphatic carbocycles. The number of amides is 3. The van der Waals surface area contributed by atoms with E-state index in [1.54, 1.807) is 30.5 Å². The summed E-state index contributed by atoms with van der Waals surface area (Å²) in [6.45, 7) is 4.44. The van der Waals surface area contributed by atoms with Gasteiger partial charge in [-0.3, -0.25) is 19.5 Å². The molecule has 3 amide bonds. The predicted molar refractivity (Wildman–Crippen MR) is 120 cm³/mol. The van der Waals surface area contributed by atoms with Crippen molar-refractivity contribution in [3.63, 3.8) is 0 Å². The van der Waals surface area contributed by atoms with Crippen molar-refractivity contribution in [2.45, 2.75) is 62.9 Å². The highest BCUT2D eigenvalue weighted by Crippen LogP contribution is 2.25. The van der Waals surface area contributed by atoms with E-state index in [9.17, 15) is 14.4 Å². The van der Waals surface area contributed by atoms with Crippen molar-refractivity contribution in [2.75, 3.05) is 6.54 Å². The van der Waals surface area contributed by atoms with Gasteiger partial charge in [-0.25, -0.2) is 9.78 Å². The number of fused-ring (bicyclic) bond motifs is 1. The zero-order valence-electron chi connectivity index (χ0n) is 17.4. The monoisotopic (exact) mass is 428 g/mol. The Morgan fingerprint density at radius 2 is 2.07 bits per heavy atom. The van der Waals surface area contributed by atoms with Crippen LogP contribution in [0.25, 0.3) is 10.9 Å². The summed E-state index contributed by atoms with van der Waals surface area (Å²) in [6, 6.07) is 6.72. The number of allylic oxidation sites excluding steroid dienone is 2. The topological polar surface area (TPSA) is 93.1 Å². The van der Waals surface area contributed by atoms with Gasteiger partial charge in [0.2, 0.25) is 5.91 Å². The van der Waals surface area contributed by atoms with Crippen molar-refractivity contribution in [3.05, 3.63) is 46.3 Å². The van der Waals surface area contributed by atoms with Crippen LogP contribution in [0.3, 0.4) is 0 Å². The number of hydrogen-bond donors (Lipinski definition) is 2. The minimum absolute atomic E-state index is 0.101. The quantitative estimate of drug-likeness (QED) is 0.399. The molecule has 0 bridgehead atoms. The second-order valence-corrected chi connectivity index (χ2v) is 8.64. The van der Waals surface area contributed by atoms with Gasteiger partial charge in [0.05, 0.1) is 16.2 Å². The maximum absolute atomic E-state index is 13.2. The standard InChI is InChI=1S/C22H28N4O3S/c1-3-23-21(29)25-19(27)15(2)30-22-24-18-12-8-7-11-17(18)20(28)26(22)14-13-16-9-5-4-6-10-16/h7-9,11-12,15H,3-6,10,13-14H2,1-2H3,(H2,23,25,27,29). The van der Waals surface area contributed by atoms with E-state index in [0.29, 0.717) is 29.1 Å². The summed E-state index contributed by atoms with van der Waals surface area (Å²) < 4.78 is 1.67. The molecule has 1 aromatic heterocycles. The van der Waals surface area contributed by atoms with Gasteiger partial charge in [0.25, 0.3) is 5.56 Å². The van der Waals surface area contributed by atoms with Crippen LogP contribution in [0.5, 0.6) is 0 Å². The normalized spacial score (nSPS) is 14.8. The number of rotatable bonds is 7. The highest BCUT2D eigenvalue weighted by Gasteiger charge is 2.21. The first-order chi connectivity index (χ1) is 14.5. The number of benzene rings is 1. The number of nitrogens with zero attached hydrogens (tertiary/aromatic N) is 2. The number of imide groups is 1. The van der Waals surface area contributed by atoms with Gasteiger partial charge in [0, 0.05) is 13.1 Å². The molecule has 1 aliphatic rings. The molecule has 3 rings (SSSR count). The van der Waals surface area contributed by atoms with Gasteiger partial charge in [0.15, 0.2) is 5.16 Å². The average molecular weight is 429 g/mol. The fourth-order valence-corrected chi connectivity index (χ4v) is 4.39. The molecular weight excluding hydrogens is 400 g/mol. The van der Waals surface area contributed by atoms with Crippen LogP contribution < -0.4 is 16.2 Å². The molecule has 7 nitrogen and oxygen atoms in total. The summed E-state index contributed by atoms with van der Waals surface area (Å²) in [6.07, 6.45) is 7.66. The van der Waals surface area contributed by atoms with Crippen molar-refractivity contribution in [1.82, 2.24) is 20.2 Å². The average Bonchev–Trinajstić information content (AvgIpc) is 2.74. The first kappa shape index (κ1) is 22.1. The molecule has 0 fully saturated rings. The van der Waals surface area contributed by atoms with Gasteiger partial charge < -0.3 is 5.32 Å².